The van der Waals surface area contributed by atoms with Gasteiger partial charge in [0, 0.05) is 87.6 Å². The lowest BCUT2D eigenvalue weighted by atomic mass is 10.0. The Morgan fingerprint density at radius 1 is 0.795 bits per heavy atom. The molecular formula is C32H27Cl2N2O3+. The van der Waals surface area contributed by atoms with E-state index in [-0.39, 0.29) is 12.2 Å². The molecule has 0 unspecified atom stereocenters. The number of nitrogens with zero attached hydrogens (tertiary/aromatic N) is 2. The fourth-order valence-electron chi connectivity index (χ4n) is 5.02. The first-order chi connectivity index (χ1) is 18.8. The van der Waals surface area contributed by atoms with E-state index in [4.69, 9.17) is 28.3 Å². The molecule has 1 N–H and O–H groups in total. The van der Waals surface area contributed by atoms with Gasteiger partial charge in [0.05, 0.1) is 7.05 Å². The number of benzene rings is 4. The minimum atomic E-state index is -0.831. The maximum absolute atomic E-state index is 13.9. The van der Waals surface area contributed by atoms with Crippen LogP contribution in [0.15, 0.2) is 103 Å². The predicted octanol–water partition coefficient (Wildman–Crippen LogP) is 8.64. The summed E-state index contributed by atoms with van der Waals surface area (Å²) >= 11 is 12.4. The van der Waals surface area contributed by atoms with Crippen molar-refractivity contribution in [2.45, 2.75) is 19.4 Å². The highest BCUT2D eigenvalue weighted by molar-refractivity contribution is 6.31. The van der Waals surface area contributed by atoms with E-state index in [0.29, 0.717) is 38.6 Å². The smallest absolute Gasteiger partial charge is 0.303 e. The summed E-state index contributed by atoms with van der Waals surface area (Å²) in [5, 5.41) is 11.2. The number of carbonyl (C=O) groups is 2. The second kappa shape index (κ2) is 11.1. The lowest BCUT2D eigenvalue weighted by Gasteiger charge is -2.33. The third kappa shape index (κ3) is 5.34. The number of aryl methyl sites for hydroxylation is 1. The fraction of sp³-hybridized carbons (Fsp3) is 0.125. The number of ketones is 1. The van der Waals surface area contributed by atoms with E-state index in [1.807, 2.05) is 108 Å². The molecule has 0 bridgehead atoms. The van der Waals surface area contributed by atoms with Crippen molar-refractivity contribution < 1.29 is 14.7 Å². The van der Waals surface area contributed by atoms with Crippen molar-refractivity contribution in [2.75, 3.05) is 7.05 Å². The topological polar surface area (TPSA) is 59.3 Å². The first kappa shape index (κ1) is 26.7. The average Bonchev–Trinajstić information content (AvgIpc) is 3.31. The van der Waals surface area contributed by atoms with Crippen LogP contribution in [0.3, 0.4) is 0 Å². The average molecular weight is 558 g/mol. The lowest BCUT2D eigenvalue weighted by molar-refractivity contribution is -0.137. The number of halogens is 2. The number of rotatable bonds is 9. The van der Waals surface area contributed by atoms with Gasteiger partial charge in [-0.3, -0.25) is 9.59 Å². The Labute approximate surface area is 237 Å². The van der Waals surface area contributed by atoms with Crippen LogP contribution in [0.1, 0.15) is 28.8 Å². The van der Waals surface area contributed by atoms with Gasteiger partial charge < -0.3 is 9.67 Å². The predicted molar refractivity (Wildman–Crippen MR) is 159 cm³/mol. The van der Waals surface area contributed by atoms with Gasteiger partial charge in [0.1, 0.15) is 17.1 Å². The molecule has 4 aromatic carbocycles. The number of hydrogen-bond donors (Lipinski definition) is 1. The van der Waals surface area contributed by atoms with E-state index in [9.17, 15) is 9.59 Å². The zero-order valence-corrected chi connectivity index (χ0v) is 22.9. The monoisotopic (exact) mass is 557 g/mol. The second-order valence-corrected chi connectivity index (χ2v) is 10.5. The fourth-order valence-corrected chi connectivity index (χ4v) is 5.27. The van der Waals surface area contributed by atoms with E-state index in [0.717, 1.165) is 28.0 Å². The first-order valence-corrected chi connectivity index (χ1v) is 13.4. The molecule has 1 aromatic heterocycles. The molecule has 5 nitrogen and oxygen atoms in total. The van der Waals surface area contributed by atoms with Crippen molar-refractivity contribution in [3.05, 3.63) is 124 Å². The molecule has 0 fully saturated rings. The first-order valence-electron chi connectivity index (χ1n) is 12.6. The summed E-state index contributed by atoms with van der Waals surface area (Å²) in [4.78, 5) is 25.0. The Balaban J connectivity index is 1.58. The van der Waals surface area contributed by atoms with Crippen LogP contribution in [-0.4, -0.2) is 28.5 Å². The molecule has 0 aliphatic heterocycles. The van der Waals surface area contributed by atoms with Crippen LogP contribution in [0.2, 0.25) is 10.0 Å². The molecule has 196 valence electrons. The highest BCUT2D eigenvalue weighted by Crippen LogP contribution is 2.43. The number of carbonyl (C=O) groups excluding carboxylic acids is 1. The standard InChI is InChI=1S/C32H26Cl2N2O3/c1-36(25-15-11-23(33)12-16-25,26-17-13-24(34)14-18-26)27-7-4-6-22(20-27)32(39)29-21-35(19-5-10-31(37)38)30-9-3-2-8-28(29)30/h2-4,6-9,11-18,20-21H,5,10,19H2,1H3/p+1. The van der Waals surface area contributed by atoms with E-state index >= 15 is 0 Å². The molecule has 5 rings (SSSR count). The van der Waals surface area contributed by atoms with Crippen molar-refractivity contribution in [1.29, 1.82) is 0 Å². The maximum atomic E-state index is 13.9. The van der Waals surface area contributed by atoms with E-state index < -0.39 is 5.97 Å². The zero-order valence-electron chi connectivity index (χ0n) is 21.4. The van der Waals surface area contributed by atoms with Crippen LogP contribution < -0.4 is 4.48 Å². The number of quaternary nitrogens is 1. The van der Waals surface area contributed by atoms with Gasteiger partial charge >= 0.3 is 5.97 Å². The van der Waals surface area contributed by atoms with Gasteiger partial charge in [0.15, 0.2) is 5.78 Å². The van der Waals surface area contributed by atoms with Crippen molar-refractivity contribution in [2.24, 2.45) is 0 Å². The SMILES string of the molecule is C[N+](c1ccc(Cl)cc1)(c1ccc(Cl)cc1)c1cccc(C(=O)c2cn(CCCC(=O)O)c3ccccc23)c1. The van der Waals surface area contributed by atoms with Crippen molar-refractivity contribution in [3.8, 4) is 0 Å². The Morgan fingerprint density at radius 2 is 1.41 bits per heavy atom. The molecule has 7 heteroatoms. The number of carboxylic acid groups (broad SMARTS) is 1. The van der Waals surface area contributed by atoms with Gasteiger partial charge in [-0.05, 0) is 36.8 Å². The summed E-state index contributed by atoms with van der Waals surface area (Å²) in [6.45, 7) is 0.516. The highest BCUT2D eigenvalue weighted by atomic mass is 35.5. The van der Waals surface area contributed by atoms with Crippen molar-refractivity contribution >= 4 is 62.9 Å². The van der Waals surface area contributed by atoms with Crippen molar-refractivity contribution in [3.63, 3.8) is 0 Å². The van der Waals surface area contributed by atoms with E-state index in [2.05, 4.69) is 7.05 Å². The number of fused-ring (bicyclic) bond motifs is 1. The molecule has 0 aliphatic rings. The van der Waals surface area contributed by atoms with Gasteiger partial charge in [0.2, 0.25) is 0 Å². The Bertz CT molecular complexity index is 1610. The Morgan fingerprint density at radius 3 is 2.03 bits per heavy atom. The number of aliphatic carboxylic acids is 1. The van der Waals surface area contributed by atoms with Gasteiger partial charge in [-0.1, -0.05) is 53.5 Å². The summed E-state index contributed by atoms with van der Waals surface area (Å²) < 4.78 is 2.27. The summed E-state index contributed by atoms with van der Waals surface area (Å²) in [7, 11) is 2.07. The Kier molecular flexibility index (Phi) is 7.58. The molecular weight excluding hydrogens is 531 g/mol. The van der Waals surface area contributed by atoms with Crippen LogP contribution in [0, 0.1) is 0 Å². The van der Waals surface area contributed by atoms with Gasteiger partial charge in [-0.25, -0.2) is 4.48 Å². The van der Waals surface area contributed by atoms with Gasteiger partial charge in [0.25, 0.3) is 0 Å². The van der Waals surface area contributed by atoms with Gasteiger partial charge in [-0.2, -0.15) is 0 Å². The third-order valence-corrected chi connectivity index (χ3v) is 7.64. The molecule has 0 spiro atoms. The number of carboxylic acids is 1. The number of aromatic nitrogens is 1. The molecule has 0 atom stereocenters. The second-order valence-electron chi connectivity index (χ2n) is 9.59. The molecule has 0 amide bonds. The number of hydrogen-bond acceptors (Lipinski definition) is 2. The largest absolute Gasteiger partial charge is 0.481 e. The van der Waals surface area contributed by atoms with E-state index in [1.54, 1.807) is 0 Å². The number of para-hydroxylation sites is 1. The van der Waals surface area contributed by atoms with Crippen LogP contribution in [0.4, 0.5) is 17.1 Å². The summed E-state index contributed by atoms with van der Waals surface area (Å²) in [6, 6.07) is 30.8. The molecule has 0 aliphatic carbocycles. The van der Waals surface area contributed by atoms with Crippen molar-refractivity contribution in [1.82, 2.24) is 9.05 Å². The molecule has 1 heterocycles. The van der Waals surface area contributed by atoms with Crippen LogP contribution in [0.25, 0.3) is 10.9 Å². The minimum Gasteiger partial charge on any atom is -0.481 e. The third-order valence-electron chi connectivity index (χ3n) is 7.13. The maximum Gasteiger partial charge on any atom is 0.303 e. The Hall–Kier alpha value is -3.90. The normalized spacial score (nSPS) is 11.6. The lowest BCUT2D eigenvalue weighted by Crippen LogP contribution is -2.33. The molecule has 5 aromatic rings. The zero-order chi connectivity index (χ0) is 27.6. The van der Waals surface area contributed by atoms with E-state index in [1.165, 1.54) is 0 Å². The quantitative estimate of drug-likeness (QED) is 0.146. The highest BCUT2D eigenvalue weighted by Gasteiger charge is 2.32. The summed E-state index contributed by atoms with van der Waals surface area (Å²) in [5.74, 6) is -0.925. The van der Waals surface area contributed by atoms with Crippen LogP contribution in [-0.2, 0) is 11.3 Å². The van der Waals surface area contributed by atoms with Crippen LogP contribution >= 0.6 is 23.2 Å². The molecule has 0 saturated heterocycles. The minimum absolute atomic E-state index is 0.0731. The van der Waals surface area contributed by atoms with Gasteiger partial charge in [-0.15, -0.1) is 0 Å². The molecule has 0 saturated carbocycles. The summed E-state index contributed by atoms with van der Waals surface area (Å²) in [6.07, 6.45) is 2.40. The molecule has 39 heavy (non-hydrogen) atoms. The molecule has 0 radical (unpaired) electrons. The van der Waals surface area contributed by atoms with Crippen LogP contribution in [0.5, 0.6) is 0 Å². The summed E-state index contributed by atoms with van der Waals surface area (Å²) in [5.41, 5.74) is 4.90.